The van der Waals surface area contributed by atoms with Gasteiger partial charge in [0.25, 0.3) is 0 Å². The predicted molar refractivity (Wildman–Crippen MR) is 106 cm³/mol. The number of nitrogens with zero attached hydrogens (tertiary/aromatic N) is 3. The Bertz CT molecular complexity index is 1080. The first-order valence-corrected chi connectivity index (χ1v) is 9.55. The van der Waals surface area contributed by atoms with Crippen molar-refractivity contribution in [3.63, 3.8) is 0 Å². The zero-order chi connectivity index (χ0) is 19.0. The first-order chi connectivity index (χ1) is 13.1. The first kappa shape index (κ1) is 17.3. The van der Waals surface area contributed by atoms with E-state index >= 15 is 0 Å². The van der Waals surface area contributed by atoms with Gasteiger partial charge in [0.2, 0.25) is 0 Å². The van der Waals surface area contributed by atoms with Crippen LogP contribution in [0.3, 0.4) is 0 Å². The monoisotopic (exact) mass is 378 g/mol. The number of carbonyl (C=O) groups is 1. The Labute approximate surface area is 160 Å². The number of fused-ring (bicyclic) bond motifs is 2. The molecule has 0 radical (unpaired) electrons. The highest BCUT2D eigenvalue weighted by molar-refractivity contribution is 7.16. The summed E-state index contributed by atoms with van der Waals surface area (Å²) >= 11 is 1.45. The lowest BCUT2D eigenvalue weighted by Gasteiger charge is -2.31. The Morgan fingerprint density at radius 3 is 3.04 bits per heavy atom. The Morgan fingerprint density at radius 1 is 1.44 bits per heavy atom. The number of para-hydroxylation sites is 1. The standard InChI is InChI=1S/C20H18N4O2S/c1-2-26-20(25)15-10-23-16-6-4-3-5-13(16)18(15)24-8-7-12-14(9-21)19(22)27-17(12)11-24/h3-6,10H,2,7-8,11,22H2,1H3. The minimum atomic E-state index is -0.375. The summed E-state index contributed by atoms with van der Waals surface area (Å²) < 4.78 is 5.25. The number of carbonyl (C=O) groups excluding carboxylic acids is 1. The third-order valence-electron chi connectivity index (χ3n) is 4.75. The maximum Gasteiger partial charge on any atom is 0.341 e. The largest absolute Gasteiger partial charge is 0.462 e. The second-order valence-corrected chi connectivity index (χ2v) is 7.42. The minimum absolute atomic E-state index is 0.308. The summed E-state index contributed by atoms with van der Waals surface area (Å²) in [6.07, 6.45) is 2.31. The van der Waals surface area contributed by atoms with Crippen LogP contribution in [0.5, 0.6) is 0 Å². The van der Waals surface area contributed by atoms with E-state index in [1.165, 1.54) is 11.3 Å². The topological polar surface area (TPSA) is 92.2 Å². The molecule has 0 saturated carbocycles. The molecule has 1 aliphatic rings. The third-order valence-corrected chi connectivity index (χ3v) is 5.80. The van der Waals surface area contributed by atoms with Crippen LogP contribution in [0.15, 0.2) is 30.5 Å². The minimum Gasteiger partial charge on any atom is -0.462 e. The van der Waals surface area contributed by atoms with Crippen molar-refractivity contribution in [2.75, 3.05) is 23.8 Å². The van der Waals surface area contributed by atoms with Gasteiger partial charge in [0, 0.05) is 23.0 Å². The van der Waals surface area contributed by atoms with Gasteiger partial charge in [0.15, 0.2) is 0 Å². The molecule has 0 amide bonds. The quantitative estimate of drug-likeness (QED) is 0.702. The number of pyridine rings is 1. The van der Waals surface area contributed by atoms with Crippen molar-refractivity contribution in [3.05, 3.63) is 52.0 Å². The Hall–Kier alpha value is -3.11. The van der Waals surface area contributed by atoms with Gasteiger partial charge in [-0.25, -0.2) is 4.79 Å². The Balaban J connectivity index is 1.84. The molecule has 1 aliphatic heterocycles. The summed E-state index contributed by atoms with van der Waals surface area (Å²) in [5, 5.41) is 10.8. The SMILES string of the molecule is CCOC(=O)c1cnc2ccccc2c1N1CCc2c(sc(N)c2C#N)C1. The van der Waals surface area contributed by atoms with E-state index in [4.69, 9.17) is 10.5 Å². The van der Waals surface area contributed by atoms with E-state index in [-0.39, 0.29) is 5.97 Å². The Morgan fingerprint density at radius 2 is 2.26 bits per heavy atom. The van der Waals surface area contributed by atoms with Crippen LogP contribution in [-0.4, -0.2) is 24.1 Å². The number of nitrogens with two attached hydrogens (primary N) is 1. The fourth-order valence-electron chi connectivity index (χ4n) is 3.56. The fraction of sp³-hybridized carbons (Fsp3) is 0.250. The number of hydrogen-bond acceptors (Lipinski definition) is 7. The van der Waals surface area contributed by atoms with Crippen molar-refractivity contribution in [2.45, 2.75) is 19.9 Å². The number of nitrogen functional groups attached to an aromatic ring is 1. The van der Waals surface area contributed by atoms with E-state index in [1.54, 1.807) is 13.1 Å². The Kier molecular flexibility index (Phi) is 4.42. The van der Waals surface area contributed by atoms with Crippen LogP contribution in [0.2, 0.25) is 0 Å². The molecule has 3 aromatic rings. The van der Waals surface area contributed by atoms with Crippen LogP contribution in [0.25, 0.3) is 10.9 Å². The fourth-order valence-corrected chi connectivity index (χ4v) is 4.65. The number of aromatic nitrogens is 1. The van der Waals surface area contributed by atoms with Gasteiger partial charge in [0.05, 0.1) is 29.9 Å². The molecule has 0 spiro atoms. The van der Waals surface area contributed by atoms with E-state index in [0.717, 1.165) is 27.0 Å². The number of thiophene rings is 1. The molecule has 1 aromatic carbocycles. The molecule has 136 valence electrons. The predicted octanol–water partition coefficient (Wildman–Crippen LogP) is 3.49. The van der Waals surface area contributed by atoms with Gasteiger partial charge in [-0.3, -0.25) is 4.98 Å². The highest BCUT2D eigenvalue weighted by Gasteiger charge is 2.28. The van der Waals surface area contributed by atoms with E-state index in [1.807, 2.05) is 24.3 Å². The van der Waals surface area contributed by atoms with Gasteiger partial charge in [0.1, 0.15) is 16.6 Å². The number of hydrogen-bond donors (Lipinski definition) is 1. The van der Waals surface area contributed by atoms with Gasteiger partial charge < -0.3 is 15.4 Å². The summed E-state index contributed by atoms with van der Waals surface area (Å²) in [6.45, 7) is 3.39. The van der Waals surface area contributed by atoms with Gasteiger partial charge in [-0.2, -0.15) is 5.26 Å². The molecule has 7 heteroatoms. The molecule has 6 nitrogen and oxygen atoms in total. The van der Waals surface area contributed by atoms with Crippen molar-refractivity contribution >= 4 is 38.9 Å². The average molecular weight is 378 g/mol. The lowest BCUT2D eigenvalue weighted by Crippen LogP contribution is -2.31. The summed E-state index contributed by atoms with van der Waals surface area (Å²) in [5.74, 6) is -0.375. The number of ether oxygens (including phenoxy) is 1. The lowest BCUT2D eigenvalue weighted by atomic mass is 10.0. The normalized spacial score (nSPS) is 13.3. The van der Waals surface area contributed by atoms with Crippen molar-refractivity contribution in [1.82, 2.24) is 4.98 Å². The maximum absolute atomic E-state index is 12.6. The summed E-state index contributed by atoms with van der Waals surface area (Å²) in [5.41, 5.74) is 9.77. The third kappa shape index (κ3) is 2.88. The van der Waals surface area contributed by atoms with Crippen molar-refractivity contribution in [1.29, 1.82) is 5.26 Å². The number of anilines is 2. The van der Waals surface area contributed by atoms with E-state index in [2.05, 4.69) is 16.0 Å². The van der Waals surface area contributed by atoms with Crippen molar-refractivity contribution in [3.8, 4) is 6.07 Å². The number of nitriles is 1. The molecule has 0 saturated heterocycles. The molecule has 27 heavy (non-hydrogen) atoms. The molecule has 0 atom stereocenters. The van der Waals surface area contributed by atoms with E-state index in [9.17, 15) is 10.1 Å². The molecule has 4 rings (SSSR count). The molecule has 0 bridgehead atoms. The smallest absolute Gasteiger partial charge is 0.341 e. The molecule has 3 heterocycles. The highest BCUT2D eigenvalue weighted by Crippen LogP contribution is 2.39. The molecular weight excluding hydrogens is 360 g/mol. The van der Waals surface area contributed by atoms with Crippen LogP contribution in [0.1, 0.15) is 33.3 Å². The van der Waals surface area contributed by atoms with Crippen molar-refractivity contribution in [2.24, 2.45) is 0 Å². The van der Waals surface area contributed by atoms with Crippen LogP contribution in [-0.2, 0) is 17.7 Å². The first-order valence-electron chi connectivity index (χ1n) is 8.74. The van der Waals surface area contributed by atoms with Crippen LogP contribution in [0, 0.1) is 11.3 Å². The average Bonchev–Trinajstić information content (AvgIpc) is 3.01. The second-order valence-electron chi connectivity index (χ2n) is 6.28. The maximum atomic E-state index is 12.6. The molecular formula is C20H18N4O2S. The van der Waals surface area contributed by atoms with E-state index in [0.29, 0.717) is 42.2 Å². The van der Waals surface area contributed by atoms with Crippen LogP contribution >= 0.6 is 11.3 Å². The van der Waals surface area contributed by atoms with Gasteiger partial charge in [-0.05, 0) is 25.0 Å². The molecule has 0 fully saturated rings. The summed E-state index contributed by atoms with van der Waals surface area (Å²) in [6, 6.07) is 9.99. The summed E-state index contributed by atoms with van der Waals surface area (Å²) in [7, 11) is 0. The molecule has 0 aliphatic carbocycles. The molecule has 2 aromatic heterocycles. The van der Waals surface area contributed by atoms with E-state index < -0.39 is 0 Å². The molecule has 2 N–H and O–H groups in total. The summed E-state index contributed by atoms with van der Waals surface area (Å²) in [4.78, 5) is 20.2. The zero-order valence-electron chi connectivity index (χ0n) is 14.9. The van der Waals surface area contributed by atoms with Crippen molar-refractivity contribution < 1.29 is 9.53 Å². The lowest BCUT2D eigenvalue weighted by molar-refractivity contribution is 0.0526. The number of rotatable bonds is 3. The second kappa shape index (κ2) is 6.89. The van der Waals surface area contributed by atoms with Gasteiger partial charge in [-0.15, -0.1) is 11.3 Å². The highest BCUT2D eigenvalue weighted by atomic mass is 32.1. The number of esters is 1. The van der Waals surface area contributed by atoms with Crippen LogP contribution < -0.4 is 10.6 Å². The van der Waals surface area contributed by atoms with Gasteiger partial charge in [-0.1, -0.05) is 18.2 Å². The zero-order valence-corrected chi connectivity index (χ0v) is 15.7. The van der Waals surface area contributed by atoms with Gasteiger partial charge >= 0.3 is 5.97 Å². The number of benzene rings is 1. The molecule has 0 unspecified atom stereocenters. The van der Waals surface area contributed by atoms with Crippen LogP contribution in [0.4, 0.5) is 10.7 Å².